The van der Waals surface area contributed by atoms with Crippen molar-refractivity contribution in [3.63, 3.8) is 0 Å². The SMILES string of the molecule is Cc1cccnc1CNC(=O)/C=C/c1ccc(S(=O)(=O)Nc2ccccc2Cl)cc1. The normalized spacial score (nSPS) is 11.4. The molecule has 1 aromatic heterocycles. The number of aryl methyl sites for hydroxylation is 1. The Hall–Kier alpha value is -3.16. The van der Waals surface area contributed by atoms with Crippen LogP contribution >= 0.6 is 11.6 Å². The molecule has 0 unspecified atom stereocenters. The predicted molar refractivity (Wildman–Crippen MR) is 119 cm³/mol. The molecule has 0 fully saturated rings. The molecule has 8 heteroatoms. The van der Waals surface area contributed by atoms with Crippen molar-refractivity contribution in [1.82, 2.24) is 10.3 Å². The molecule has 0 aliphatic carbocycles. The molecule has 1 amide bonds. The van der Waals surface area contributed by atoms with Crippen LogP contribution in [0.2, 0.25) is 5.02 Å². The molecule has 6 nitrogen and oxygen atoms in total. The van der Waals surface area contributed by atoms with E-state index >= 15 is 0 Å². The lowest BCUT2D eigenvalue weighted by Gasteiger charge is -2.09. The molecule has 0 atom stereocenters. The highest BCUT2D eigenvalue weighted by atomic mass is 35.5. The average Bonchev–Trinajstić information content (AvgIpc) is 2.73. The summed E-state index contributed by atoms with van der Waals surface area (Å²) >= 11 is 6.01. The molecule has 2 aromatic carbocycles. The molecule has 3 aromatic rings. The number of para-hydroxylation sites is 1. The van der Waals surface area contributed by atoms with Gasteiger partial charge in [0.2, 0.25) is 5.91 Å². The monoisotopic (exact) mass is 441 g/mol. The molecule has 0 spiro atoms. The van der Waals surface area contributed by atoms with Crippen LogP contribution in [0.1, 0.15) is 16.8 Å². The summed E-state index contributed by atoms with van der Waals surface area (Å²) in [5.74, 6) is -0.267. The minimum Gasteiger partial charge on any atom is -0.347 e. The van der Waals surface area contributed by atoms with Crippen LogP contribution in [0.25, 0.3) is 6.08 Å². The Morgan fingerprint density at radius 3 is 2.50 bits per heavy atom. The van der Waals surface area contributed by atoms with Crippen molar-refractivity contribution in [2.75, 3.05) is 4.72 Å². The molecule has 0 radical (unpaired) electrons. The maximum Gasteiger partial charge on any atom is 0.261 e. The first-order valence-corrected chi connectivity index (χ1v) is 10.9. The van der Waals surface area contributed by atoms with E-state index in [4.69, 9.17) is 11.6 Å². The maximum atomic E-state index is 12.5. The number of amides is 1. The minimum atomic E-state index is -3.77. The van der Waals surface area contributed by atoms with Gasteiger partial charge in [0.15, 0.2) is 0 Å². The van der Waals surface area contributed by atoms with Gasteiger partial charge in [0, 0.05) is 12.3 Å². The number of sulfonamides is 1. The van der Waals surface area contributed by atoms with Crippen molar-refractivity contribution in [2.45, 2.75) is 18.4 Å². The number of carbonyl (C=O) groups excluding carboxylic acids is 1. The zero-order chi connectivity index (χ0) is 21.6. The van der Waals surface area contributed by atoms with Crippen molar-refractivity contribution in [3.05, 3.63) is 94.8 Å². The van der Waals surface area contributed by atoms with E-state index in [0.717, 1.165) is 11.3 Å². The number of nitrogens with one attached hydrogen (secondary N) is 2. The largest absolute Gasteiger partial charge is 0.347 e. The lowest BCUT2D eigenvalue weighted by molar-refractivity contribution is -0.116. The summed E-state index contributed by atoms with van der Waals surface area (Å²) in [6.45, 7) is 2.27. The predicted octanol–water partition coefficient (Wildman–Crippen LogP) is 4.17. The van der Waals surface area contributed by atoms with Crippen LogP contribution in [0.5, 0.6) is 0 Å². The molecular weight excluding hydrogens is 422 g/mol. The summed E-state index contributed by atoms with van der Waals surface area (Å²) in [6, 6.07) is 16.5. The van der Waals surface area contributed by atoms with Crippen molar-refractivity contribution in [2.24, 2.45) is 0 Å². The van der Waals surface area contributed by atoms with Gasteiger partial charge in [0.25, 0.3) is 10.0 Å². The van der Waals surface area contributed by atoms with Gasteiger partial charge in [-0.1, -0.05) is 41.9 Å². The minimum absolute atomic E-state index is 0.0923. The third-order valence-corrected chi connectivity index (χ3v) is 5.99. The van der Waals surface area contributed by atoms with Crippen LogP contribution in [0, 0.1) is 6.92 Å². The van der Waals surface area contributed by atoms with Crippen molar-refractivity contribution < 1.29 is 13.2 Å². The van der Waals surface area contributed by atoms with Crippen LogP contribution in [0.4, 0.5) is 5.69 Å². The van der Waals surface area contributed by atoms with Gasteiger partial charge in [-0.3, -0.25) is 14.5 Å². The molecule has 0 bridgehead atoms. The summed E-state index contributed by atoms with van der Waals surface area (Å²) in [5.41, 5.74) is 2.81. The Morgan fingerprint density at radius 2 is 1.80 bits per heavy atom. The molecule has 0 aliphatic heterocycles. The standard InChI is InChI=1S/C22H20ClN3O3S/c1-16-5-4-14-24-21(16)15-25-22(27)13-10-17-8-11-18(12-9-17)30(28,29)26-20-7-3-2-6-19(20)23/h2-14,26H,15H2,1H3,(H,25,27)/b13-10+. The van der Waals surface area contributed by atoms with Gasteiger partial charge in [-0.15, -0.1) is 0 Å². The molecule has 154 valence electrons. The highest BCUT2D eigenvalue weighted by Crippen LogP contribution is 2.24. The van der Waals surface area contributed by atoms with E-state index in [2.05, 4.69) is 15.0 Å². The average molecular weight is 442 g/mol. The van der Waals surface area contributed by atoms with Crippen molar-refractivity contribution >= 4 is 39.3 Å². The number of halogens is 1. The van der Waals surface area contributed by atoms with E-state index in [1.54, 1.807) is 48.7 Å². The van der Waals surface area contributed by atoms with Gasteiger partial charge in [0.1, 0.15) is 0 Å². The Labute approximate surface area is 180 Å². The number of anilines is 1. The second kappa shape index (κ2) is 9.56. The molecule has 0 saturated heterocycles. The number of benzene rings is 2. The maximum absolute atomic E-state index is 12.5. The van der Waals surface area contributed by atoms with Crippen molar-refractivity contribution in [1.29, 1.82) is 0 Å². The number of nitrogens with zero attached hydrogens (tertiary/aromatic N) is 1. The van der Waals surface area contributed by atoms with Gasteiger partial charge >= 0.3 is 0 Å². The fourth-order valence-electron chi connectivity index (χ4n) is 2.61. The number of carbonyl (C=O) groups is 1. The van der Waals surface area contributed by atoms with Gasteiger partial charge < -0.3 is 5.32 Å². The van der Waals surface area contributed by atoms with Gasteiger partial charge in [-0.25, -0.2) is 8.42 Å². The molecule has 0 saturated carbocycles. The topological polar surface area (TPSA) is 88.2 Å². The fourth-order valence-corrected chi connectivity index (χ4v) is 3.93. The van der Waals surface area contributed by atoms with Crippen LogP contribution in [-0.4, -0.2) is 19.3 Å². The fraction of sp³-hybridized carbons (Fsp3) is 0.0909. The van der Waals surface area contributed by atoms with E-state index in [0.29, 0.717) is 22.8 Å². The first-order chi connectivity index (χ1) is 14.3. The number of hydrogen-bond acceptors (Lipinski definition) is 4. The molecule has 3 rings (SSSR count). The van der Waals surface area contributed by atoms with Crippen LogP contribution < -0.4 is 10.0 Å². The van der Waals surface area contributed by atoms with Gasteiger partial charge in [0.05, 0.1) is 27.8 Å². The number of hydrogen-bond donors (Lipinski definition) is 2. The van der Waals surface area contributed by atoms with Crippen LogP contribution in [0.15, 0.2) is 77.8 Å². The Bertz CT molecular complexity index is 1180. The van der Waals surface area contributed by atoms with Crippen molar-refractivity contribution in [3.8, 4) is 0 Å². The van der Waals surface area contributed by atoms with E-state index in [1.165, 1.54) is 18.2 Å². The van der Waals surface area contributed by atoms with E-state index in [1.807, 2.05) is 19.1 Å². The molecule has 2 N–H and O–H groups in total. The molecule has 30 heavy (non-hydrogen) atoms. The summed E-state index contributed by atoms with van der Waals surface area (Å²) in [5, 5.41) is 3.08. The Kier molecular flexibility index (Phi) is 6.87. The highest BCUT2D eigenvalue weighted by molar-refractivity contribution is 7.92. The Morgan fingerprint density at radius 1 is 1.07 bits per heavy atom. The Balaban J connectivity index is 1.61. The number of pyridine rings is 1. The lowest BCUT2D eigenvalue weighted by atomic mass is 10.2. The van der Waals surface area contributed by atoms with E-state index in [-0.39, 0.29) is 10.8 Å². The number of aromatic nitrogens is 1. The van der Waals surface area contributed by atoms with Gasteiger partial charge in [-0.2, -0.15) is 0 Å². The quantitative estimate of drug-likeness (QED) is 0.538. The van der Waals surface area contributed by atoms with E-state index < -0.39 is 10.0 Å². The molecular formula is C22H20ClN3O3S. The summed E-state index contributed by atoms with van der Waals surface area (Å²) in [4.78, 5) is 16.3. The third-order valence-electron chi connectivity index (χ3n) is 4.28. The molecule has 1 heterocycles. The lowest BCUT2D eigenvalue weighted by Crippen LogP contribution is -2.21. The second-order valence-corrected chi connectivity index (χ2v) is 8.56. The van der Waals surface area contributed by atoms with Gasteiger partial charge in [-0.05, 0) is 54.5 Å². The second-order valence-electron chi connectivity index (χ2n) is 6.47. The number of rotatable bonds is 7. The first-order valence-electron chi connectivity index (χ1n) is 9.09. The highest BCUT2D eigenvalue weighted by Gasteiger charge is 2.15. The summed E-state index contributed by atoms with van der Waals surface area (Å²) in [7, 11) is -3.77. The summed E-state index contributed by atoms with van der Waals surface area (Å²) < 4.78 is 27.5. The molecule has 0 aliphatic rings. The smallest absolute Gasteiger partial charge is 0.261 e. The third kappa shape index (κ3) is 5.68. The zero-order valence-corrected chi connectivity index (χ0v) is 17.7. The summed E-state index contributed by atoms with van der Waals surface area (Å²) in [6.07, 6.45) is 4.68. The zero-order valence-electron chi connectivity index (χ0n) is 16.2. The van der Waals surface area contributed by atoms with Crippen LogP contribution in [-0.2, 0) is 21.4 Å². The van der Waals surface area contributed by atoms with E-state index in [9.17, 15) is 13.2 Å². The first kappa shape index (κ1) is 21.5. The van der Waals surface area contributed by atoms with Crippen LogP contribution in [0.3, 0.4) is 0 Å².